The van der Waals surface area contributed by atoms with Crippen molar-refractivity contribution in [2.24, 2.45) is 0 Å². The van der Waals surface area contributed by atoms with Gasteiger partial charge in [0.1, 0.15) is 6.04 Å². The van der Waals surface area contributed by atoms with Crippen LogP contribution in [0.25, 0.3) is 0 Å². The molecule has 0 saturated carbocycles. The monoisotopic (exact) mass is 245 g/mol. The molecule has 1 saturated heterocycles. The van der Waals surface area contributed by atoms with Crippen molar-refractivity contribution >= 4 is 16.0 Å². The highest BCUT2D eigenvalue weighted by molar-refractivity contribution is 7.89. The summed E-state index contributed by atoms with van der Waals surface area (Å²) in [4.78, 5) is 10.6. The second-order valence-corrected chi connectivity index (χ2v) is 4.97. The number of aliphatic carboxylic acids is 1. The zero-order chi connectivity index (χ0) is 11.8. The van der Waals surface area contributed by atoms with E-state index in [2.05, 4.69) is 0 Å². The number of aliphatic hydroxyl groups is 1. The molecule has 1 heterocycles. The van der Waals surface area contributed by atoms with Crippen molar-refractivity contribution in [1.82, 2.24) is 4.31 Å². The highest BCUT2D eigenvalue weighted by atomic mass is 32.2. The molecule has 0 amide bonds. The Labute approximate surface area is 84.2 Å². The van der Waals surface area contributed by atoms with E-state index in [1.807, 2.05) is 0 Å². The molecule has 0 bridgehead atoms. The van der Waals surface area contributed by atoms with Crippen LogP contribution < -0.4 is 0 Å². The average molecular weight is 245 g/mol. The van der Waals surface area contributed by atoms with Gasteiger partial charge in [-0.25, -0.2) is 8.42 Å². The summed E-state index contributed by atoms with van der Waals surface area (Å²) < 4.78 is 46.4. The first-order valence-corrected chi connectivity index (χ1v) is 5.47. The van der Waals surface area contributed by atoms with Crippen LogP contribution in [0, 0.1) is 0 Å². The maximum Gasteiger partial charge on any atom is 0.350 e. The molecule has 0 spiro atoms. The minimum atomic E-state index is -4.94. The van der Waals surface area contributed by atoms with Crippen molar-refractivity contribution < 1.29 is 32.2 Å². The number of carboxylic acids is 1. The standard InChI is InChI=1S/C6H9F2NO5S/c7-6(8)15(13,14)9-2-3(10)1-4(9)5(11)12/h3-4,6,10H,1-2H2,(H,11,12)/t3-,4-/m0/s1. The zero-order valence-corrected chi connectivity index (χ0v) is 8.19. The summed E-state index contributed by atoms with van der Waals surface area (Å²) in [6, 6.07) is -1.61. The maximum absolute atomic E-state index is 12.1. The Kier molecular flexibility index (Phi) is 3.26. The van der Waals surface area contributed by atoms with Crippen LogP contribution in [0.3, 0.4) is 0 Å². The summed E-state index contributed by atoms with van der Waals surface area (Å²) in [7, 11) is -4.94. The van der Waals surface area contributed by atoms with Crippen LogP contribution in [-0.4, -0.2) is 53.4 Å². The number of sulfonamides is 1. The van der Waals surface area contributed by atoms with Crippen molar-refractivity contribution in [3.05, 3.63) is 0 Å². The van der Waals surface area contributed by atoms with Crippen molar-refractivity contribution in [1.29, 1.82) is 0 Å². The quantitative estimate of drug-likeness (QED) is 0.669. The molecule has 9 heteroatoms. The fraction of sp³-hybridized carbons (Fsp3) is 0.833. The first-order chi connectivity index (χ1) is 6.76. The van der Waals surface area contributed by atoms with Gasteiger partial charge < -0.3 is 10.2 Å². The van der Waals surface area contributed by atoms with Crippen molar-refractivity contribution in [3.8, 4) is 0 Å². The summed E-state index contributed by atoms with van der Waals surface area (Å²) >= 11 is 0. The lowest BCUT2D eigenvalue weighted by Gasteiger charge is -2.19. The first-order valence-electron chi connectivity index (χ1n) is 3.96. The van der Waals surface area contributed by atoms with Gasteiger partial charge in [-0.15, -0.1) is 0 Å². The minimum absolute atomic E-state index is 0.130. The van der Waals surface area contributed by atoms with Crippen LogP contribution in [0.2, 0.25) is 0 Å². The number of β-amino-alcohol motifs (C(OH)–C–C–N with tert-alkyl or cyclic N) is 1. The van der Waals surface area contributed by atoms with Gasteiger partial charge in [-0.3, -0.25) is 4.79 Å². The highest BCUT2D eigenvalue weighted by Gasteiger charge is 2.46. The Bertz CT molecular complexity index is 357. The number of carbonyl (C=O) groups is 1. The van der Waals surface area contributed by atoms with Gasteiger partial charge in [0.05, 0.1) is 6.10 Å². The van der Waals surface area contributed by atoms with Gasteiger partial charge in [-0.2, -0.15) is 13.1 Å². The summed E-state index contributed by atoms with van der Waals surface area (Å²) in [5.41, 5.74) is 0. The van der Waals surface area contributed by atoms with E-state index in [9.17, 15) is 22.0 Å². The number of hydrogen-bond acceptors (Lipinski definition) is 4. The van der Waals surface area contributed by atoms with Crippen LogP contribution in [0.1, 0.15) is 6.42 Å². The van der Waals surface area contributed by atoms with Gasteiger partial charge in [0.25, 0.3) is 10.0 Å². The van der Waals surface area contributed by atoms with Crippen LogP contribution in [0.15, 0.2) is 0 Å². The van der Waals surface area contributed by atoms with Crippen LogP contribution in [0.4, 0.5) is 8.78 Å². The Hall–Kier alpha value is -0.800. The summed E-state index contributed by atoms with van der Waals surface area (Å²) in [5, 5.41) is 17.6. The topological polar surface area (TPSA) is 94.9 Å². The van der Waals surface area contributed by atoms with Gasteiger partial charge in [0.2, 0.25) is 0 Å². The number of hydrogen-bond donors (Lipinski definition) is 2. The lowest BCUT2D eigenvalue weighted by molar-refractivity contribution is -0.140. The number of rotatable bonds is 3. The molecule has 0 aromatic carbocycles. The number of carboxylic acid groups (broad SMARTS) is 1. The average Bonchev–Trinajstić information content (AvgIpc) is 2.47. The van der Waals surface area contributed by atoms with E-state index in [1.54, 1.807) is 0 Å². The second kappa shape index (κ2) is 3.99. The van der Waals surface area contributed by atoms with Gasteiger partial charge in [0, 0.05) is 13.0 Å². The molecule has 0 aliphatic carbocycles. The maximum atomic E-state index is 12.1. The third kappa shape index (κ3) is 2.24. The molecule has 88 valence electrons. The highest BCUT2D eigenvalue weighted by Crippen LogP contribution is 2.25. The van der Waals surface area contributed by atoms with E-state index >= 15 is 0 Å². The predicted molar refractivity (Wildman–Crippen MR) is 43.7 cm³/mol. The molecule has 6 nitrogen and oxygen atoms in total. The van der Waals surface area contributed by atoms with Crippen LogP contribution in [-0.2, 0) is 14.8 Å². The molecular formula is C6H9F2NO5S. The fourth-order valence-electron chi connectivity index (χ4n) is 1.39. The molecule has 0 aromatic heterocycles. The molecule has 2 atom stereocenters. The molecular weight excluding hydrogens is 236 g/mol. The second-order valence-electron chi connectivity index (χ2n) is 3.12. The SMILES string of the molecule is O=C(O)[C@@H]1C[C@H](O)CN1S(=O)(=O)C(F)F. The minimum Gasteiger partial charge on any atom is -0.480 e. The van der Waals surface area contributed by atoms with E-state index in [4.69, 9.17) is 10.2 Å². The van der Waals surface area contributed by atoms with Gasteiger partial charge >= 0.3 is 11.7 Å². The van der Waals surface area contributed by atoms with Crippen molar-refractivity contribution in [3.63, 3.8) is 0 Å². The Morgan fingerprint density at radius 2 is 2.00 bits per heavy atom. The van der Waals surface area contributed by atoms with Gasteiger partial charge in [0.15, 0.2) is 0 Å². The molecule has 1 aliphatic rings. The fourth-order valence-corrected chi connectivity index (χ4v) is 2.51. The van der Waals surface area contributed by atoms with E-state index in [-0.39, 0.29) is 10.7 Å². The molecule has 2 N–H and O–H groups in total. The molecule has 1 fully saturated rings. The van der Waals surface area contributed by atoms with Crippen LogP contribution in [0.5, 0.6) is 0 Å². The molecule has 15 heavy (non-hydrogen) atoms. The molecule has 0 unspecified atom stereocenters. The van der Waals surface area contributed by atoms with Crippen molar-refractivity contribution in [2.45, 2.75) is 24.3 Å². The van der Waals surface area contributed by atoms with E-state index in [1.165, 1.54) is 0 Å². The van der Waals surface area contributed by atoms with Crippen LogP contribution >= 0.6 is 0 Å². The van der Waals surface area contributed by atoms with Crippen molar-refractivity contribution in [2.75, 3.05) is 6.54 Å². The summed E-state index contributed by atoms with van der Waals surface area (Å²) in [6.45, 7) is -0.607. The smallest absolute Gasteiger partial charge is 0.350 e. The molecule has 0 radical (unpaired) electrons. The zero-order valence-electron chi connectivity index (χ0n) is 7.38. The lowest BCUT2D eigenvalue weighted by Crippen LogP contribution is -2.43. The number of alkyl halides is 2. The van der Waals surface area contributed by atoms with E-state index in [0.717, 1.165) is 0 Å². The number of nitrogens with zero attached hydrogens (tertiary/aromatic N) is 1. The predicted octanol–water partition coefficient (Wildman–Crippen LogP) is -0.941. The molecule has 0 aromatic rings. The third-order valence-electron chi connectivity index (χ3n) is 2.07. The van der Waals surface area contributed by atoms with E-state index in [0.29, 0.717) is 0 Å². The normalized spacial score (nSPS) is 28.5. The largest absolute Gasteiger partial charge is 0.480 e. The Morgan fingerprint density at radius 3 is 2.40 bits per heavy atom. The Balaban J connectivity index is 2.99. The molecule has 1 aliphatic heterocycles. The molecule has 1 rings (SSSR count). The lowest BCUT2D eigenvalue weighted by atomic mass is 10.2. The summed E-state index contributed by atoms with van der Waals surface area (Å²) in [6.07, 6.45) is -1.60. The van der Waals surface area contributed by atoms with Gasteiger partial charge in [-0.1, -0.05) is 0 Å². The third-order valence-corrected chi connectivity index (χ3v) is 3.58. The number of halogens is 2. The first kappa shape index (κ1) is 12.3. The summed E-state index contributed by atoms with van der Waals surface area (Å²) in [5.74, 6) is -5.22. The Morgan fingerprint density at radius 1 is 1.47 bits per heavy atom. The number of aliphatic hydroxyl groups excluding tert-OH is 1. The van der Waals surface area contributed by atoms with Gasteiger partial charge in [-0.05, 0) is 0 Å². The van der Waals surface area contributed by atoms with E-state index < -0.39 is 40.4 Å².